The van der Waals surface area contributed by atoms with Gasteiger partial charge >= 0.3 is 0 Å². The number of Topliss-reactive ketones (excluding diaryl/α,β-unsaturated/α-hetero) is 1. The number of hydrogen-bond donors (Lipinski definition) is 1. The van der Waals surface area contributed by atoms with Crippen LogP contribution in [0.15, 0.2) is 67.0 Å². The Hall–Kier alpha value is -3.21. The number of nitrogens with one attached hydrogen (secondary N) is 1. The van der Waals surface area contributed by atoms with E-state index in [-0.39, 0.29) is 12.0 Å². The van der Waals surface area contributed by atoms with E-state index < -0.39 is 11.7 Å². The van der Waals surface area contributed by atoms with Crippen LogP contribution in [-0.2, 0) is 16.8 Å². The van der Waals surface area contributed by atoms with E-state index in [1.54, 1.807) is 23.0 Å². The van der Waals surface area contributed by atoms with Crippen molar-refractivity contribution in [2.75, 3.05) is 0 Å². The molecule has 3 rings (SSSR count). The lowest BCUT2D eigenvalue weighted by atomic mass is 9.86. The Labute approximate surface area is 159 Å². The van der Waals surface area contributed by atoms with Gasteiger partial charge in [-0.2, -0.15) is 5.10 Å². The van der Waals surface area contributed by atoms with Crippen LogP contribution in [0.1, 0.15) is 42.3 Å². The molecule has 0 aliphatic heterocycles. The molecule has 0 saturated heterocycles. The van der Waals surface area contributed by atoms with Crippen molar-refractivity contribution in [3.05, 3.63) is 83.7 Å². The monoisotopic (exact) mass is 361 g/mol. The summed E-state index contributed by atoms with van der Waals surface area (Å²) in [6.07, 6.45) is 3.51. The van der Waals surface area contributed by atoms with Gasteiger partial charge in [0, 0.05) is 23.9 Å². The van der Waals surface area contributed by atoms with Gasteiger partial charge in [0.05, 0.1) is 11.9 Å². The third-order valence-electron chi connectivity index (χ3n) is 4.33. The SMILES string of the molecule is CC(C)(C)c1ccc(C(=O)C(=O)NCc2cnn(-c3ccccc3)c2)cc1. The maximum Gasteiger partial charge on any atom is 0.292 e. The number of hydrogen-bond acceptors (Lipinski definition) is 3. The fraction of sp³-hybridized carbons (Fsp3) is 0.227. The molecule has 0 atom stereocenters. The first-order valence-electron chi connectivity index (χ1n) is 8.86. The summed E-state index contributed by atoms with van der Waals surface area (Å²) >= 11 is 0. The Kier molecular flexibility index (Phi) is 5.21. The van der Waals surface area contributed by atoms with E-state index in [1.165, 1.54) is 0 Å². The molecule has 1 N–H and O–H groups in total. The summed E-state index contributed by atoms with van der Waals surface area (Å²) in [6, 6.07) is 16.9. The standard InChI is InChI=1S/C22H23N3O2/c1-22(2,3)18-11-9-17(10-12-18)20(26)21(27)23-13-16-14-24-25(15-16)19-7-5-4-6-8-19/h4-12,14-15H,13H2,1-3H3,(H,23,27). The molecule has 27 heavy (non-hydrogen) atoms. The molecule has 1 aromatic heterocycles. The minimum absolute atomic E-state index is 0.00272. The topological polar surface area (TPSA) is 64.0 Å². The summed E-state index contributed by atoms with van der Waals surface area (Å²) in [5.74, 6) is -1.16. The Bertz CT molecular complexity index is 936. The zero-order valence-electron chi connectivity index (χ0n) is 15.8. The molecule has 5 heteroatoms. The van der Waals surface area contributed by atoms with Gasteiger partial charge in [-0.25, -0.2) is 4.68 Å². The zero-order chi connectivity index (χ0) is 19.4. The molecular weight excluding hydrogens is 338 g/mol. The van der Waals surface area contributed by atoms with Gasteiger partial charge < -0.3 is 5.32 Å². The number of carbonyl (C=O) groups is 2. The molecule has 1 amide bonds. The maximum absolute atomic E-state index is 12.3. The van der Waals surface area contributed by atoms with E-state index >= 15 is 0 Å². The zero-order valence-corrected chi connectivity index (χ0v) is 15.8. The molecule has 2 aromatic carbocycles. The first-order valence-corrected chi connectivity index (χ1v) is 8.86. The highest BCUT2D eigenvalue weighted by Gasteiger charge is 2.18. The highest BCUT2D eigenvalue weighted by molar-refractivity contribution is 6.42. The smallest absolute Gasteiger partial charge is 0.292 e. The van der Waals surface area contributed by atoms with Crippen LogP contribution in [0.4, 0.5) is 0 Å². The van der Waals surface area contributed by atoms with Gasteiger partial charge in [0.25, 0.3) is 5.91 Å². The normalized spacial score (nSPS) is 11.2. The van der Waals surface area contributed by atoms with E-state index in [4.69, 9.17) is 0 Å². The average Bonchev–Trinajstić information content (AvgIpc) is 3.15. The molecule has 1 heterocycles. The molecule has 0 fully saturated rings. The van der Waals surface area contributed by atoms with Gasteiger partial charge in [-0.3, -0.25) is 9.59 Å². The Morgan fingerprint density at radius 1 is 1.00 bits per heavy atom. The third-order valence-corrected chi connectivity index (χ3v) is 4.33. The maximum atomic E-state index is 12.3. The summed E-state index contributed by atoms with van der Waals surface area (Å²) in [6.45, 7) is 6.56. The van der Waals surface area contributed by atoms with Gasteiger partial charge in [0.15, 0.2) is 0 Å². The number of carbonyl (C=O) groups excluding carboxylic acids is 2. The second kappa shape index (κ2) is 7.58. The number of benzene rings is 2. The number of nitrogens with zero attached hydrogens (tertiary/aromatic N) is 2. The first kappa shape index (κ1) is 18.6. The molecule has 3 aromatic rings. The molecule has 138 valence electrons. The third kappa shape index (κ3) is 4.50. The molecule has 5 nitrogen and oxygen atoms in total. The van der Waals surface area contributed by atoms with Crippen LogP contribution < -0.4 is 5.32 Å². The predicted molar refractivity (Wildman–Crippen MR) is 105 cm³/mol. The fourth-order valence-corrected chi connectivity index (χ4v) is 2.69. The van der Waals surface area contributed by atoms with E-state index in [2.05, 4.69) is 31.2 Å². The summed E-state index contributed by atoms with van der Waals surface area (Å²) in [7, 11) is 0. The van der Waals surface area contributed by atoms with Crippen molar-refractivity contribution < 1.29 is 9.59 Å². The van der Waals surface area contributed by atoms with Crippen LogP contribution >= 0.6 is 0 Å². The van der Waals surface area contributed by atoms with Crippen LogP contribution in [0.25, 0.3) is 5.69 Å². The summed E-state index contributed by atoms with van der Waals surface area (Å²) in [4.78, 5) is 24.5. The molecule has 0 aliphatic rings. The fourth-order valence-electron chi connectivity index (χ4n) is 2.69. The van der Waals surface area contributed by atoms with Gasteiger partial charge in [-0.1, -0.05) is 63.2 Å². The van der Waals surface area contributed by atoms with E-state index in [0.717, 1.165) is 16.8 Å². The second-order valence-electron chi connectivity index (χ2n) is 7.47. The number of para-hydroxylation sites is 1. The van der Waals surface area contributed by atoms with Gasteiger partial charge in [-0.05, 0) is 23.1 Å². The lowest BCUT2D eigenvalue weighted by molar-refractivity contribution is -0.117. The lowest BCUT2D eigenvalue weighted by Gasteiger charge is -2.18. The molecule has 0 aliphatic carbocycles. The molecular formula is C22H23N3O2. The lowest BCUT2D eigenvalue weighted by Crippen LogP contribution is -2.30. The van der Waals surface area contributed by atoms with Gasteiger partial charge in [0.1, 0.15) is 0 Å². The Morgan fingerprint density at radius 3 is 2.30 bits per heavy atom. The summed E-state index contributed by atoms with van der Waals surface area (Å²) in [5, 5.41) is 6.95. The predicted octanol–water partition coefficient (Wildman–Crippen LogP) is 3.67. The summed E-state index contributed by atoms with van der Waals surface area (Å²) < 4.78 is 1.73. The van der Waals surface area contributed by atoms with Crippen LogP contribution in [0.2, 0.25) is 0 Å². The van der Waals surface area contributed by atoms with Gasteiger partial charge in [-0.15, -0.1) is 0 Å². The van der Waals surface area contributed by atoms with Gasteiger partial charge in [0.2, 0.25) is 5.78 Å². The van der Waals surface area contributed by atoms with Crippen LogP contribution in [0.3, 0.4) is 0 Å². The van der Waals surface area contributed by atoms with Crippen molar-refractivity contribution in [3.63, 3.8) is 0 Å². The van der Waals surface area contributed by atoms with Crippen molar-refractivity contribution in [2.24, 2.45) is 0 Å². The number of ketones is 1. The summed E-state index contributed by atoms with van der Waals surface area (Å²) in [5.41, 5.74) is 3.27. The van der Waals surface area contributed by atoms with Crippen LogP contribution in [0, 0.1) is 0 Å². The molecule has 0 saturated carbocycles. The quantitative estimate of drug-likeness (QED) is 0.557. The average molecular weight is 361 g/mol. The van der Waals surface area contributed by atoms with Crippen molar-refractivity contribution in [1.29, 1.82) is 0 Å². The molecule has 0 spiro atoms. The number of aromatic nitrogens is 2. The highest BCUT2D eigenvalue weighted by atomic mass is 16.2. The van der Waals surface area contributed by atoms with E-state index in [0.29, 0.717) is 5.56 Å². The number of amides is 1. The van der Waals surface area contributed by atoms with E-state index in [1.807, 2.05) is 48.7 Å². The van der Waals surface area contributed by atoms with Crippen LogP contribution in [-0.4, -0.2) is 21.5 Å². The minimum Gasteiger partial charge on any atom is -0.345 e. The minimum atomic E-state index is -0.619. The van der Waals surface area contributed by atoms with Crippen molar-refractivity contribution in [2.45, 2.75) is 32.7 Å². The van der Waals surface area contributed by atoms with E-state index in [9.17, 15) is 9.59 Å². The molecule has 0 unspecified atom stereocenters. The van der Waals surface area contributed by atoms with Crippen molar-refractivity contribution >= 4 is 11.7 Å². The molecule has 0 radical (unpaired) electrons. The number of rotatable bonds is 5. The second-order valence-corrected chi connectivity index (χ2v) is 7.47. The Balaban J connectivity index is 1.61. The first-order chi connectivity index (χ1) is 12.8. The van der Waals surface area contributed by atoms with Crippen molar-refractivity contribution in [3.8, 4) is 5.69 Å². The highest BCUT2D eigenvalue weighted by Crippen LogP contribution is 2.22. The van der Waals surface area contributed by atoms with Crippen molar-refractivity contribution in [1.82, 2.24) is 15.1 Å². The van der Waals surface area contributed by atoms with Crippen LogP contribution in [0.5, 0.6) is 0 Å². The largest absolute Gasteiger partial charge is 0.345 e. The molecule has 0 bridgehead atoms. The Morgan fingerprint density at radius 2 is 1.67 bits per heavy atom.